The van der Waals surface area contributed by atoms with Crippen LogP contribution in [-0.4, -0.2) is 46.9 Å². The minimum Gasteiger partial charge on any atom is -0.496 e. The molecule has 0 aromatic heterocycles. The highest BCUT2D eigenvalue weighted by atomic mass is 16.5. The maximum Gasteiger partial charge on any atom is 0.126 e. The molecule has 2 N–H and O–H groups in total. The fraction of sp³-hybridized carbons (Fsp3) is 0.529. The van der Waals surface area contributed by atoms with Gasteiger partial charge in [-0.1, -0.05) is 18.2 Å². The van der Waals surface area contributed by atoms with E-state index in [-0.39, 0.29) is 0 Å². The molecule has 110 valence electrons. The van der Waals surface area contributed by atoms with Crippen LogP contribution in [0.4, 0.5) is 0 Å². The van der Waals surface area contributed by atoms with Crippen LogP contribution >= 0.6 is 0 Å². The summed E-state index contributed by atoms with van der Waals surface area (Å²) in [6.07, 6.45) is 7.15. The maximum absolute atomic E-state index is 5.37. The number of nitrogens with one attached hydrogen (secondary N) is 2. The van der Waals surface area contributed by atoms with E-state index in [0.29, 0.717) is 0 Å². The first-order valence-corrected chi connectivity index (χ1v) is 7.64. The Bertz CT molecular complexity index is 436. The van der Waals surface area contributed by atoms with Crippen molar-refractivity contribution in [2.45, 2.75) is 18.9 Å². The molecule has 0 saturated carbocycles. The summed E-state index contributed by atoms with van der Waals surface area (Å²) in [5.74, 6) is 0.948. The van der Waals surface area contributed by atoms with Gasteiger partial charge in [0.2, 0.25) is 0 Å². The van der Waals surface area contributed by atoms with E-state index < -0.39 is 0 Å². The average molecular weight is 276 g/mol. The zero-order valence-electron chi connectivity index (χ0n) is 13.0. The number of likely N-dealkylation sites (N-methyl/N-ethyl adjacent to an activating group) is 1. The number of hydrogen-bond acceptors (Lipinski definition) is 1. The zero-order chi connectivity index (χ0) is 14.4. The minimum absolute atomic E-state index is 0.820. The van der Waals surface area contributed by atoms with Crippen LogP contribution < -0.4 is 14.5 Å². The molecule has 1 aromatic rings. The molecule has 2 rings (SSSR count). The van der Waals surface area contributed by atoms with Gasteiger partial charge in [0.05, 0.1) is 46.9 Å². The lowest BCUT2D eigenvalue weighted by atomic mass is 10.0. The number of hydrogen-bond donors (Lipinski definition) is 2. The van der Waals surface area contributed by atoms with Gasteiger partial charge in [-0.25, -0.2) is 0 Å². The predicted molar refractivity (Wildman–Crippen MR) is 83.4 cm³/mol. The van der Waals surface area contributed by atoms with Crippen molar-refractivity contribution < 1.29 is 14.5 Å². The highest BCUT2D eigenvalue weighted by Crippen LogP contribution is 2.18. The van der Waals surface area contributed by atoms with Crippen LogP contribution in [0.3, 0.4) is 0 Å². The van der Waals surface area contributed by atoms with Crippen LogP contribution in [-0.2, 0) is 0 Å². The van der Waals surface area contributed by atoms with E-state index in [0.717, 1.165) is 23.9 Å². The highest BCUT2D eigenvalue weighted by Gasteiger charge is 2.24. The second kappa shape index (κ2) is 7.46. The van der Waals surface area contributed by atoms with Gasteiger partial charge in [0, 0.05) is 18.4 Å². The molecular weight excluding hydrogens is 248 g/mol. The van der Waals surface area contributed by atoms with Gasteiger partial charge < -0.3 is 14.5 Å². The van der Waals surface area contributed by atoms with Crippen LogP contribution in [0.1, 0.15) is 18.4 Å². The Hall–Kier alpha value is -1.32. The molecular formula is C17H28N2O+2. The highest BCUT2D eigenvalue weighted by molar-refractivity contribution is 5.57. The van der Waals surface area contributed by atoms with Crippen molar-refractivity contribution in [3.63, 3.8) is 0 Å². The summed E-state index contributed by atoms with van der Waals surface area (Å²) >= 11 is 0. The predicted octanol–water partition coefficient (Wildman–Crippen LogP) is -0.0998. The first-order valence-electron chi connectivity index (χ1n) is 7.64. The molecule has 0 amide bonds. The Morgan fingerprint density at radius 2 is 2.00 bits per heavy atom. The Balaban J connectivity index is 1.86. The molecule has 1 aromatic carbocycles. The number of piperidine rings is 1. The lowest BCUT2D eigenvalue weighted by molar-refractivity contribution is -0.936. The molecule has 0 aliphatic carbocycles. The topological polar surface area (TPSA) is 18.1 Å². The standard InChI is InChI=1S/C17H26N2O/c1-18-13-10-16(11-14-18)19(2)12-6-8-15-7-4-5-9-17(15)20-3/h4-9,16H,10-14H2,1-3H3/p+2/b8-6+. The van der Waals surface area contributed by atoms with E-state index in [4.69, 9.17) is 4.74 Å². The average Bonchev–Trinajstić information content (AvgIpc) is 2.48. The van der Waals surface area contributed by atoms with Gasteiger partial charge in [-0.2, -0.15) is 0 Å². The van der Waals surface area contributed by atoms with Gasteiger partial charge in [-0.15, -0.1) is 0 Å². The summed E-state index contributed by atoms with van der Waals surface area (Å²) in [5.41, 5.74) is 1.16. The summed E-state index contributed by atoms with van der Waals surface area (Å²) in [4.78, 5) is 3.31. The second-order valence-electron chi connectivity index (χ2n) is 5.93. The van der Waals surface area contributed by atoms with E-state index in [9.17, 15) is 0 Å². The molecule has 1 aliphatic heterocycles. The fourth-order valence-electron chi connectivity index (χ4n) is 2.95. The van der Waals surface area contributed by atoms with E-state index in [1.54, 1.807) is 16.9 Å². The molecule has 1 saturated heterocycles. The summed E-state index contributed by atoms with van der Waals surface area (Å²) in [7, 11) is 6.34. The van der Waals surface area contributed by atoms with E-state index in [1.165, 1.54) is 25.9 Å². The van der Waals surface area contributed by atoms with Crippen molar-refractivity contribution in [3.8, 4) is 5.75 Å². The molecule has 0 radical (unpaired) electrons. The Kier molecular flexibility index (Phi) is 5.62. The second-order valence-corrected chi connectivity index (χ2v) is 5.93. The van der Waals surface area contributed by atoms with Crippen molar-refractivity contribution >= 4 is 6.08 Å². The van der Waals surface area contributed by atoms with E-state index in [1.807, 2.05) is 12.1 Å². The molecule has 3 nitrogen and oxygen atoms in total. The van der Waals surface area contributed by atoms with Crippen LogP contribution in [0, 0.1) is 0 Å². The molecule has 1 heterocycles. The molecule has 1 aliphatic rings. The van der Waals surface area contributed by atoms with Crippen molar-refractivity contribution in [2.75, 3.05) is 40.8 Å². The summed E-state index contributed by atoms with van der Waals surface area (Å²) < 4.78 is 5.37. The van der Waals surface area contributed by atoms with Crippen LogP contribution in [0.15, 0.2) is 30.3 Å². The zero-order valence-corrected chi connectivity index (χ0v) is 13.0. The normalized spacial score (nSPS) is 24.8. The van der Waals surface area contributed by atoms with Gasteiger partial charge >= 0.3 is 0 Å². The van der Waals surface area contributed by atoms with E-state index >= 15 is 0 Å². The third-order valence-electron chi connectivity index (χ3n) is 4.41. The van der Waals surface area contributed by atoms with Gasteiger partial charge in [0.1, 0.15) is 5.75 Å². The number of ether oxygens (including phenoxy) is 1. The lowest BCUT2D eigenvalue weighted by Gasteiger charge is -2.30. The monoisotopic (exact) mass is 276 g/mol. The summed E-state index contributed by atoms with van der Waals surface area (Å²) in [5, 5.41) is 0. The quantitative estimate of drug-likeness (QED) is 0.769. The number of rotatable bonds is 5. The summed E-state index contributed by atoms with van der Waals surface area (Å²) in [6.45, 7) is 3.72. The third kappa shape index (κ3) is 4.09. The van der Waals surface area contributed by atoms with Crippen molar-refractivity contribution in [1.82, 2.24) is 0 Å². The lowest BCUT2D eigenvalue weighted by Crippen LogP contribution is -3.18. The van der Waals surface area contributed by atoms with Crippen LogP contribution in [0.5, 0.6) is 5.75 Å². The minimum atomic E-state index is 0.820. The van der Waals surface area contributed by atoms with Crippen LogP contribution in [0.2, 0.25) is 0 Å². The number of benzene rings is 1. The molecule has 20 heavy (non-hydrogen) atoms. The van der Waals surface area contributed by atoms with Gasteiger partial charge in [-0.05, 0) is 18.2 Å². The number of methoxy groups -OCH3 is 1. The van der Waals surface area contributed by atoms with Crippen molar-refractivity contribution in [3.05, 3.63) is 35.9 Å². The fourth-order valence-corrected chi connectivity index (χ4v) is 2.95. The van der Waals surface area contributed by atoms with Crippen LogP contribution in [0.25, 0.3) is 6.08 Å². The molecule has 1 unspecified atom stereocenters. The Morgan fingerprint density at radius 1 is 1.30 bits per heavy atom. The first kappa shape index (κ1) is 15.1. The van der Waals surface area contributed by atoms with Gasteiger partial charge in [-0.3, -0.25) is 0 Å². The van der Waals surface area contributed by atoms with Gasteiger partial charge in [0.25, 0.3) is 0 Å². The molecule has 0 spiro atoms. The smallest absolute Gasteiger partial charge is 0.126 e. The summed E-state index contributed by atoms with van der Waals surface area (Å²) in [6, 6.07) is 8.99. The SMILES string of the molecule is COc1ccccc1/C=C/C[NH+](C)C1CC[NH+](C)CC1. The molecule has 1 fully saturated rings. The number of para-hydroxylation sites is 1. The molecule has 3 heteroatoms. The third-order valence-corrected chi connectivity index (χ3v) is 4.41. The molecule has 0 bridgehead atoms. The van der Waals surface area contributed by atoms with Crippen molar-refractivity contribution in [2.24, 2.45) is 0 Å². The van der Waals surface area contributed by atoms with Gasteiger partial charge in [0.15, 0.2) is 0 Å². The molecule has 1 atom stereocenters. The maximum atomic E-state index is 5.37. The largest absolute Gasteiger partial charge is 0.496 e. The Labute approximate surface area is 122 Å². The Morgan fingerprint density at radius 3 is 2.70 bits per heavy atom. The van der Waals surface area contributed by atoms with Crippen molar-refractivity contribution in [1.29, 1.82) is 0 Å². The number of likely N-dealkylation sites (tertiary alicyclic amines) is 1. The first-order chi connectivity index (χ1) is 9.70. The number of quaternary nitrogens is 2. The van der Waals surface area contributed by atoms with E-state index in [2.05, 4.69) is 38.4 Å².